The van der Waals surface area contributed by atoms with E-state index in [4.69, 9.17) is 5.11 Å². The normalized spacial score (nSPS) is 9.56. The lowest BCUT2D eigenvalue weighted by molar-refractivity contribution is -0.132. The molecule has 4 heteroatoms. The number of carboxylic acid groups (broad SMARTS) is 1. The number of aliphatic carboxylic acids is 1. The molecule has 0 saturated carbocycles. The van der Waals surface area contributed by atoms with Crippen LogP contribution >= 0.6 is 0 Å². The molecule has 0 atom stereocenters. The minimum absolute atomic E-state index is 0.0952. The van der Waals surface area contributed by atoms with E-state index in [0.717, 1.165) is 5.56 Å². The van der Waals surface area contributed by atoms with Crippen molar-refractivity contribution in [3.05, 3.63) is 42.0 Å². The second kappa shape index (κ2) is 5.11. The average Bonchev–Trinajstić information content (AvgIpc) is 2.20. The third-order valence-electron chi connectivity index (χ3n) is 2.03. The third-order valence-corrected chi connectivity index (χ3v) is 2.03. The molecule has 0 aliphatic rings. The van der Waals surface area contributed by atoms with Crippen LogP contribution in [0, 0.1) is 0 Å². The third kappa shape index (κ3) is 3.24. The number of para-hydroxylation sites is 1. The maximum Gasteiger partial charge on any atom is 0.331 e. The standard InChI is InChI=1S/C12H13NO3/c1-8(12(15)16)7-10-5-3-4-6-11(10)13-9(2)14/h3-6H,1,7H2,2H3,(H,13,14)(H,15,16). The Hall–Kier alpha value is -2.10. The summed E-state index contributed by atoms with van der Waals surface area (Å²) in [5.74, 6) is -1.22. The van der Waals surface area contributed by atoms with E-state index in [9.17, 15) is 9.59 Å². The van der Waals surface area contributed by atoms with Crippen LogP contribution in [0.5, 0.6) is 0 Å². The number of carbonyl (C=O) groups is 2. The first kappa shape index (κ1) is 12.0. The molecule has 0 radical (unpaired) electrons. The minimum Gasteiger partial charge on any atom is -0.478 e. The van der Waals surface area contributed by atoms with Crippen molar-refractivity contribution in [1.82, 2.24) is 0 Å². The number of benzene rings is 1. The summed E-state index contributed by atoms with van der Waals surface area (Å²) >= 11 is 0. The van der Waals surface area contributed by atoms with Gasteiger partial charge < -0.3 is 10.4 Å². The van der Waals surface area contributed by atoms with Crippen LogP contribution in [0.1, 0.15) is 12.5 Å². The highest BCUT2D eigenvalue weighted by atomic mass is 16.4. The second-order valence-corrected chi connectivity index (χ2v) is 3.42. The number of anilines is 1. The van der Waals surface area contributed by atoms with Gasteiger partial charge in [0.25, 0.3) is 0 Å². The molecule has 1 rings (SSSR count). The van der Waals surface area contributed by atoms with Crippen molar-refractivity contribution >= 4 is 17.6 Å². The fourth-order valence-corrected chi connectivity index (χ4v) is 1.29. The molecule has 1 aromatic carbocycles. The molecule has 0 heterocycles. The molecule has 1 aromatic rings. The highest BCUT2D eigenvalue weighted by Gasteiger charge is 2.09. The molecule has 0 bridgehead atoms. The van der Waals surface area contributed by atoms with E-state index < -0.39 is 5.97 Å². The van der Waals surface area contributed by atoms with Crippen LogP contribution in [-0.4, -0.2) is 17.0 Å². The van der Waals surface area contributed by atoms with Gasteiger partial charge in [0.15, 0.2) is 0 Å². The second-order valence-electron chi connectivity index (χ2n) is 3.42. The van der Waals surface area contributed by atoms with Crippen LogP contribution < -0.4 is 5.32 Å². The molecule has 0 unspecified atom stereocenters. The summed E-state index contributed by atoms with van der Waals surface area (Å²) in [4.78, 5) is 21.6. The zero-order chi connectivity index (χ0) is 12.1. The van der Waals surface area contributed by atoms with Gasteiger partial charge in [0.2, 0.25) is 5.91 Å². The predicted octanol–water partition coefficient (Wildman–Crippen LogP) is 1.83. The number of hydrogen-bond acceptors (Lipinski definition) is 2. The molecule has 16 heavy (non-hydrogen) atoms. The van der Waals surface area contributed by atoms with E-state index in [1.165, 1.54) is 6.92 Å². The van der Waals surface area contributed by atoms with E-state index in [-0.39, 0.29) is 17.9 Å². The van der Waals surface area contributed by atoms with Crippen LogP contribution in [-0.2, 0) is 16.0 Å². The van der Waals surface area contributed by atoms with Gasteiger partial charge in [0.1, 0.15) is 0 Å². The van der Waals surface area contributed by atoms with Crippen molar-refractivity contribution in [2.24, 2.45) is 0 Å². The Morgan fingerprint density at radius 2 is 2.00 bits per heavy atom. The van der Waals surface area contributed by atoms with Gasteiger partial charge in [0.05, 0.1) is 0 Å². The molecular weight excluding hydrogens is 206 g/mol. The monoisotopic (exact) mass is 219 g/mol. The largest absolute Gasteiger partial charge is 0.478 e. The van der Waals surface area contributed by atoms with Crippen molar-refractivity contribution in [2.75, 3.05) is 5.32 Å². The Kier molecular flexibility index (Phi) is 3.83. The Labute approximate surface area is 93.6 Å². The van der Waals surface area contributed by atoms with Crippen LogP contribution in [0.25, 0.3) is 0 Å². The molecule has 4 nitrogen and oxygen atoms in total. The van der Waals surface area contributed by atoms with E-state index >= 15 is 0 Å². The topological polar surface area (TPSA) is 66.4 Å². The molecule has 1 amide bonds. The molecule has 0 aromatic heterocycles. The van der Waals surface area contributed by atoms with Crippen molar-refractivity contribution in [3.8, 4) is 0 Å². The number of amides is 1. The molecule has 0 saturated heterocycles. The summed E-state index contributed by atoms with van der Waals surface area (Å²) in [5, 5.41) is 11.4. The lowest BCUT2D eigenvalue weighted by Gasteiger charge is -2.09. The lowest BCUT2D eigenvalue weighted by atomic mass is 10.0. The molecule has 2 N–H and O–H groups in total. The molecule has 84 valence electrons. The van der Waals surface area contributed by atoms with Crippen LogP contribution in [0.15, 0.2) is 36.4 Å². The lowest BCUT2D eigenvalue weighted by Crippen LogP contribution is -2.09. The summed E-state index contributed by atoms with van der Waals surface area (Å²) in [6.45, 7) is 4.86. The van der Waals surface area contributed by atoms with E-state index in [2.05, 4.69) is 11.9 Å². The average molecular weight is 219 g/mol. The number of carboxylic acids is 1. The summed E-state index contributed by atoms with van der Waals surface area (Å²) in [7, 11) is 0. The first-order chi connectivity index (χ1) is 7.50. The SMILES string of the molecule is C=C(Cc1ccccc1NC(C)=O)C(=O)O. The Morgan fingerprint density at radius 1 is 1.38 bits per heavy atom. The number of hydrogen-bond donors (Lipinski definition) is 2. The van der Waals surface area contributed by atoms with Gasteiger partial charge in [-0.1, -0.05) is 24.8 Å². The Bertz CT molecular complexity index is 438. The van der Waals surface area contributed by atoms with Gasteiger partial charge in [-0.15, -0.1) is 0 Å². The van der Waals surface area contributed by atoms with Crippen molar-refractivity contribution in [2.45, 2.75) is 13.3 Å². The molecule has 0 aliphatic heterocycles. The first-order valence-corrected chi connectivity index (χ1v) is 4.77. The molecule has 0 fully saturated rings. The predicted molar refractivity (Wildman–Crippen MR) is 61.2 cm³/mol. The van der Waals surface area contributed by atoms with Gasteiger partial charge in [-0.3, -0.25) is 4.79 Å². The smallest absolute Gasteiger partial charge is 0.331 e. The summed E-state index contributed by atoms with van der Waals surface area (Å²) < 4.78 is 0. The van der Waals surface area contributed by atoms with Crippen LogP contribution in [0.3, 0.4) is 0 Å². The van der Waals surface area contributed by atoms with E-state index in [1.807, 2.05) is 0 Å². The van der Waals surface area contributed by atoms with Crippen molar-refractivity contribution < 1.29 is 14.7 Å². The highest BCUT2D eigenvalue weighted by molar-refractivity contribution is 5.90. The molecular formula is C12H13NO3. The highest BCUT2D eigenvalue weighted by Crippen LogP contribution is 2.18. The van der Waals surface area contributed by atoms with E-state index in [1.54, 1.807) is 24.3 Å². The summed E-state index contributed by atoms with van der Waals surface area (Å²) in [6.07, 6.45) is 0.214. The Balaban J connectivity index is 2.90. The van der Waals surface area contributed by atoms with Gasteiger partial charge >= 0.3 is 5.97 Å². The van der Waals surface area contributed by atoms with Gasteiger partial charge in [-0.2, -0.15) is 0 Å². The number of nitrogens with one attached hydrogen (secondary N) is 1. The summed E-state index contributed by atoms with van der Waals surface area (Å²) in [6, 6.07) is 7.05. The molecule has 0 aliphatic carbocycles. The fraction of sp³-hybridized carbons (Fsp3) is 0.167. The van der Waals surface area contributed by atoms with Crippen LogP contribution in [0.2, 0.25) is 0 Å². The fourth-order valence-electron chi connectivity index (χ4n) is 1.29. The van der Waals surface area contributed by atoms with Gasteiger partial charge in [-0.25, -0.2) is 4.79 Å². The number of carbonyl (C=O) groups excluding carboxylic acids is 1. The Morgan fingerprint density at radius 3 is 2.56 bits per heavy atom. The van der Waals surface area contributed by atoms with Gasteiger partial charge in [-0.05, 0) is 11.6 Å². The quantitative estimate of drug-likeness (QED) is 0.759. The molecule has 0 spiro atoms. The maximum atomic E-state index is 10.9. The zero-order valence-electron chi connectivity index (χ0n) is 8.99. The summed E-state index contributed by atoms with van der Waals surface area (Å²) in [5.41, 5.74) is 1.46. The van der Waals surface area contributed by atoms with Crippen molar-refractivity contribution in [3.63, 3.8) is 0 Å². The first-order valence-electron chi connectivity index (χ1n) is 4.77. The van der Waals surface area contributed by atoms with Crippen LogP contribution in [0.4, 0.5) is 5.69 Å². The van der Waals surface area contributed by atoms with Crippen molar-refractivity contribution in [1.29, 1.82) is 0 Å². The zero-order valence-corrected chi connectivity index (χ0v) is 8.99. The van der Waals surface area contributed by atoms with Gasteiger partial charge in [0, 0.05) is 24.6 Å². The minimum atomic E-state index is -1.03. The number of rotatable bonds is 4. The van der Waals surface area contributed by atoms with E-state index in [0.29, 0.717) is 5.69 Å². The maximum absolute atomic E-state index is 10.9.